The largest absolute Gasteiger partial charge is 0.416 e. The van der Waals surface area contributed by atoms with Crippen molar-refractivity contribution in [2.24, 2.45) is 0 Å². The SMILES string of the molecule is Cc1cc(N[C@@H](c2ccc(C(F)(F)F)cc2)[C@H](C)O)n2ncnc2n1. The maximum Gasteiger partial charge on any atom is 0.416 e. The lowest BCUT2D eigenvalue weighted by atomic mass is 10.0. The number of fused-ring (bicyclic) bond motifs is 1. The highest BCUT2D eigenvalue weighted by atomic mass is 19.4. The molecule has 0 unspecified atom stereocenters. The Hall–Kier alpha value is -2.68. The van der Waals surface area contributed by atoms with Crippen LogP contribution in [0.15, 0.2) is 36.7 Å². The molecular weight excluding hydrogens is 335 g/mol. The molecular formula is C16H16F3N5O. The van der Waals surface area contributed by atoms with Crippen LogP contribution in [0.3, 0.4) is 0 Å². The van der Waals surface area contributed by atoms with Crippen molar-refractivity contribution in [2.45, 2.75) is 32.2 Å². The highest BCUT2D eigenvalue weighted by Gasteiger charge is 2.30. The van der Waals surface area contributed by atoms with Crippen LogP contribution in [0.1, 0.15) is 29.8 Å². The normalized spacial score (nSPS) is 14.5. The molecule has 2 aromatic heterocycles. The van der Waals surface area contributed by atoms with Crippen molar-refractivity contribution in [1.29, 1.82) is 0 Å². The molecule has 2 N–H and O–H groups in total. The number of aliphatic hydroxyl groups is 1. The number of aryl methyl sites for hydroxylation is 1. The van der Waals surface area contributed by atoms with Crippen molar-refractivity contribution in [1.82, 2.24) is 19.6 Å². The van der Waals surface area contributed by atoms with Gasteiger partial charge in [0.15, 0.2) is 0 Å². The van der Waals surface area contributed by atoms with E-state index in [1.165, 1.54) is 23.0 Å². The molecule has 25 heavy (non-hydrogen) atoms. The molecule has 0 saturated carbocycles. The number of aliphatic hydroxyl groups excluding tert-OH is 1. The van der Waals surface area contributed by atoms with Gasteiger partial charge in [0.1, 0.15) is 12.1 Å². The van der Waals surface area contributed by atoms with Gasteiger partial charge in [-0.2, -0.15) is 27.8 Å². The summed E-state index contributed by atoms with van der Waals surface area (Å²) in [5.41, 5.74) is 0.476. The van der Waals surface area contributed by atoms with Crippen LogP contribution in [0.5, 0.6) is 0 Å². The second kappa shape index (κ2) is 6.32. The Balaban J connectivity index is 1.95. The predicted octanol–water partition coefficient (Wildman–Crippen LogP) is 2.99. The van der Waals surface area contributed by atoms with Crippen molar-refractivity contribution < 1.29 is 18.3 Å². The van der Waals surface area contributed by atoms with Crippen LogP contribution < -0.4 is 5.32 Å². The molecule has 9 heteroatoms. The fourth-order valence-corrected chi connectivity index (χ4v) is 2.55. The van der Waals surface area contributed by atoms with Gasteiger partial charge in [-0.1, -0.05) is 12.1 Å². The van der Waals surface area contributed by atoms with E-state index in [4.69, 9.17) is 0 Å². The van der Waals surface area contributed by atoms with Crippen LogP contribution in [0.25, 0.3) is 5.78 Å². The van der Waals surface area contributed by atoms with Crippen LogP contribution in [0, 0.1) is 6.92 Å². The van der Waals surface area contributed by atoms with Gasteiger partial charge in [-0.05, 0) is 31.5 Å². The summed E-state index contributed by atoms with van der Waals surface area (Å²) in [6, 6.07) is 5.78. The fourth-order valence-electron chi connectivity index (χ4n) is 2.55. The zero-order valence-electron chi connectivity index (χ0n) is 13.5. The lowest BCUT2D eigenvalue weighted by Crippen LogP contribution is -2.24. The molecule has 0 fully saturated rings. The van der Waals surface area contributed by atoms with E-state index in [9.17, 15) is 18.3 Å². The van der Waals surface area contributed by atoms with E-state index in [0.717, 1.165) is 12.1 Å². The molecule has 0 aliphatic rings. The van der Waals surface area contributed by atoms with Crippen molar-refractivity contribution in [3.8, 4) is 0 Å². The summed E-state index contributed by atoms with van der Waals surface area (Å²) in [4.78, 5) is 8.24. The zero-order chi connectivity index (χ0) is 18.2. The molecule has 1 aromatic carbocycles. The van der Waals surface area contributed by atoms with E-state index >= 15 is 0 Å². The summed E-state index contributed by atoms with van der Waals surface area (Å²) in [5, 5.41) is 17.3. The zero-order valence-corrected chi connectivity index (χ0v) is 13.5. The van der Waals surface area contributed by atoms with E-state index in [1.54, 1.807) is 19.9 Å². The maximum absolute atomic E-state index is 12.7. The molecule has 0 spiro atoms. The highest BCUT2D eigenvalue weighted by molar-refractivity contribution is 5.47. The van der Waals surface area contributed by atoms with E-state index in [-0.39, 0.29) is 0 Å². The molecule has 0 saturated heterocycles. The summed E-state index contributed by atoms with van der Waals surface area (Å²) in [6.07, 6.45) is -3.91. The van der Waals surface area contributed by atoms with Crippen LogP contribution in [0.4, 0.5) is 19.0 Å². The number of rotatable bonds is 4. The summed E-state index contributed by atoms with van der Waals surface area (Å²) >= 11 is 0. The lowest BCUT2D eigenvalue weighted by molar-refractivity contribution is -0.137. The van der Waals surface area contributed by atoms with Crippen molar-refractivity contribution >= 4 is 11.6 Å². The summed E-state index contributed by atoms with van der Waals surface area (Å²) < 4.78 is 39.6. The first-order valence-electron chi connectivity index (χ1n) is 7.55. The van der Waals surface area contributed by atoms with E-state index in [1.807, 2.05) is 0 Å². The molecule has 0 amide bonds. The number of alkyl halides is 3. The standard InChI is InChI=1S/C16H16F3N5O/c1-9-7-13(24-15(22-9)20-8-21-24)23-14(10(2)25)11-3-5-12(6-4-11)16(17,18)19/h3-8,10,14,23,25H,1-2H3/t10-,14+/m0/s1. The smallest absolute Gasteiger partial charge is 0.391 e. The Morgan fingerprint density at radius 3 is 2.48 bits per heavy atom. The number of benzene rings is 1. The van der Waals surface area contributed by atoms with Gasteiger partial charge in [-0.25, -0.2) is 4.98 Å². The Labute approximate surface area is 141 Å². The van der Waals surface area contributed by atoms with Gasteiger partial charge in [0.05, 0.1) is 17.7 Å². The highest BCUT2D eigenvalue weighted by Crippen LogP contribution is 2.31. The molecule has 2 atom stereocenters. The third-order valence-electron chi connectivity index (χ3n) is 3.76. The first kappa shape index (κ1) is 17.2. The van der Waals surface area contributed by atoms with Gasteiger partial charge in [0, 0.05) is 11.8 Å². The second-order valence-electron chi connectivity index (χ2n) is 5.74. The second-order valence-corrected chi connectivity index (χ2v) is 5.74. The average molecular weight is 351 g/mol. The molecule has 0 bridgehead atoms. The molecule has 3 aromatic rings. The number of hydrogen-bond acceptors (Lipinski definition) is 5. The maximum atomic E-state index is 12.7. The lowest BCUT2D eigenvalue weighted by Gasteiger charge is -2.23. The number of anilines is 1. The topological polar surface area (TPSA) is 75.3 Å². The fraction of sp³-hybridized carbons (Fsp3) is 0.312. The number of halogens is 3. The van der Waals surface area contributed by atoms with Gasteiger partial charge >= 0.3 is 6.18 Å². The van der Waals surface area contributed by atoms with Crippen LogP contribution in [-0.4, -0.2) is 30.8 Å². The minimum atomic E-state index is -4.40. The van der Waals surface area contributed by atoms with E-state index in [0.29, 0.717) is 22.9 Å². The van der Waals surface area contributed by atoms with Crippen molar-refractivity contribution in [3.05, 3.63) is 53.5 Å². The quantitative estimate of drug-likeness (QED) is 0.756. The number of nitrogens with zero attached hydrogens (tertiary/aromatic N) is 4. The van der Waals surface area contributed by atoms with Crippen molar-refractivity contribution in [3.63, 3.8) is 0 Å². The Morgan fingerprint density at radius 1 is 1.20 bits per heavy atom. The van der Waals surface area contributed by atoms with Gasteiger partial charge in [-0.15, -0.1) is 0 Å². The Kier molecular flexibility index (Phi) is 4.34. The number of aromatic nitrogens is 4. The minimum absolute atomic E-state index is 0.388. The van der Waals surface area contributed by atoms with Crippen molar-refractivity contribution in [2.75, 3.05) is 5.32 Å². The van der Waals surface area contributed by atoms with Crippen LogP contribution >= 0.6 is 0 Å². The van der Waals surface area contributed by atoms with Crippen LogP contribution in [0.2, 0.25) is 0 Å². The predicted molar refractivity (Wildman–Crippen MR) is 85.0 cm³/mol. The summed E-state index contributed by atoms with van der Waals surface area (Å²) in [6.45, 7) is 3.34. The van der Waals surface area contributed by atoms with E-state index in [2.05, 4.69) is 20.4 Å². The van der Waals surface area contributed by atoms with Gasteiger partial charge < -0.3 is 10.4 Å². The van der Waals surface area contributed by atoms with Gasteiger partial charge in [-0.3, -0.25) is 0 Å². The molecule has 2 heterocycles. The monoisotopic (exact) mass is 351 g/mol. The first-order chi connectivity index (χ1) is 11.8. The Morgan fingerprint density at radius 2 is 1.88 bits per heavy atom. The third-order valence-corrected chi connectivity index (χ3v) is 3.76. The molecule has 3 rings (SSSR count). The molecule has 132 valence electrons. The Bertz CT molecular complexity index is 874. The number of nitrogens with one attached hydrogen (secondary N) is 1. The van der Waals surface area contributed by atoms with Gasteiger partial charge in [0.25, 0.3) is 5.78 Å². The third kappa shape index (κ3) is 3.55. The minimum Gasteiger partial charge on any atom is -0.391 e. The molecule has 0 aliphatic heterocycles. The first-order valence-corrected chi connectivity index (χ1v) is 7.55. The average Bonchev–Trinajstić information content (AvgIpc) is 2.99. The van der Waals surface area contributed by atoms with Gasteiger partial charge in [0.2, 0.25) is 0 Å². The number of hydrogen-bond donors (Lipinski definition) is 2. The molecule has 0 aliphatic carbocycles. The summed E-state index contributed by atoms with van der Waals surface area (Å²) in [5.74, 6) is 0.921. The molecule has 6 nitrogen and oxygen atoms in total. The molecule has 0 radical (unpaired) electrons. The van der Waals surface area contributed by atoms with E-state index < -0.39 is 23.9 Å². The van der Waals surface area contributed by atoms with Crippen LogP contribution in [-0.2, 0) is 6.18 Å². The summed E-state index contributed by atoms with van der Waals surface area (Å²) in [7, 11) is 0.